The van der Waals surface area contributed by atoms with Crippen LogP contribution >= 0.6 is 15.9 Å². The third-order valence-electron chi connectivity index (χ3n) is 1.81. The molecule has 6 heteroatoms. The van der Waals surface area contributed by atoms with Gasteiger partial charge >= 0.3 is 0 Å². The summed E-state index contributed by atoms with van der Waals surface area (Å²) in [5.74, 6) is 0.416. The lowest BCUT2D eigenvalue weighted by Gasteiger charge is -2.05. The van der Waals surface area contributed by atoms with E-state index >= 15 is 0 Å². The van der Waals surface area contributed by atoms with E-state index in [2.05, 4.69) is 20.9 Å². The monoisotopic (exact) mass is 267 g/mol. The lowest BCUT2D eigenvalue weighted by Crippen LogP contribution is -2.08. The Morgan fingerprint density at radius 1 is 1.69 bits per heavy atom. The molecule has 13 heavy (non-hydrogen) atoms. The molecule has 0 aromatic carbocycles. The fourth-order valence-electron chi connectivity index (χ4n) is 0.904. The molecule has 1 rings (SSSR count). The molecule has 1 atom stereocenters. The van der Waals surface area contributed by atoms with Crippen LogP contribution in [0.5, 0.6) is 0 Å². The van der Waals surface area contributed by atoms with Gasteiger partial charge in [-0.25, -0.2) is 13.4 Å². The van der Waals surface area contributed by atoms with Crippen molar-refractivity contribution in [2.75, 3.05) is 6.26 Å². The van der Waals surface area contributed by atoms with Crippen molar-refractivity contribution in [2.24, 2.45) is 0 Å². The van der Waals surface area contributed by atoms with E-state index < -0.39 is 15.1 Å². The highest BCUT2D eigenvalue weighted by Gasteiger charge is 2.23. The molecule has 0 spiro atoms. The SMILES string of the molecule is CC(c1ocnc1CBr)S(C)(=O)=O. The lowest BCUT2D eigenvalue weighted by atomic mass is 10.3. The van der Waals surface area contributed by atoms with Crippen molar-refractivity contribution in [2.45, 2.75) is 17.5 Å². The van der Waals surface area contributed by atoms with E-state index in [1.807, 2.05) is 0 Å². The Morgan fingerprint density at radius 2 is 2.31 bits per heavy atom. The molecule has 4 nitrogen and oxygen atoms in total. The van der Waals surface area contributed by atoms with Crippen LogP contribution in [0.4, 0.5) is 0 Å². The molecule has 0 fully saturated rings. The van der Waals surface area contributed by atoms with Crippen LogP contribution in [-0.2, 0) is 15.2 Å². The second-order valence-electron chi connectivity index (χ2n) is 2.77. The van der Waals surface area contributed by atoms with Crippen molar-refractivity contribution < 1.29 is 12.8 Å². The Morgan fingerprint density at radius 3 is 2.77 bits per heavy atom. The molecule has 0 N–H and O–H groups in total. The van der Waals surface area contributed by atoms with Crippen LogP contribution in [0.25, 0.3) is 0 Å². The van der Waals surface area contributed by atoms with Crippen LogP contribution in [0.15, 0.2) is 10.8 Å². The first-order valence-electron chi connectivity index (χ1n) is 3.64. The van der Waals surface area contributed by atoms with Gasteiger partial charge in [0, 0.05) is 11.6 Å². The highest BCUT2D eigenvalue weighted by atomic mass is 79.9. The molecule has 1 unspecified atom stereocenters. The molecule has 1 aromatic heterocycles. The number of hydrogen-bond acceptors (Lipinski definition) is 4. The highest BCUT2D eigenvalue weighted by molar-refractivity contribution is 9.08. The summed E-state index contributed by atoms with van der Waals surface area (Å²) in [6.07, 6.45) is 2.44. The molecule has 0 aliphatic carbocycles. The van der Waals surface area contributed by atoms with Gasteiger partial charge < -0.3 is 4.42 Å². The van der Waals surface area contributed by atoms with E-state index in [9.17, 15) is 8.42 Å². The number of hydrogen-bond donors (Lipinski definition) is 0. The molecule has 0 saturated carbocycles. The minimum atomic E-state index is -3.11. The maximum absolute atomic E-state index is 11.2. The number of alkyl halides is 1. The Kier molecular flexibility index (Phi) is 3.13. The van der Waals surface area contributed by atoms with Gasteiger partial charge in [-0.05, 0) is 6.92 Å². The first-order chi connectivity index (χ1) is 5.96. The first kappa shape index (κ1) is 10.7. The normalized spacial score (nSPS) is 14.4. The lowest BCUT2D eigenvalue weighted by molar-refractivity contribution is 0.493. The Balaban J connectivity index is 3.08. The van der Waals surface area contributed by atoms with E-state index in [0.29, 0.717) is 16.8 Å². The molecular weight excluding hydrogens is 258 g/mol. The van der Waals surface area contributed by atoms with Crippen LogP contribution in [0.2, 0.25) is 0 Å². The number of sulfone groups is 1. The van der Waals surface area contributed by atoms with Crippen molar-refractivity contribution >= 4 is 25.8 Å². The number of oxazole rings is 1. The molecule has 0 amide bonds. The number of nitrogens with zero attached hydrogens (tertiary/aromatic N) is 1. The van der Waals surface area contributed by atoms with Crippen LogP contribution in [-0.4, -0.2) is 19.7 Å². The zero-order valence-corrected chi connectivity index (χ0v) is 9.72. The van der Waals surface area contributed by atoms with Crippen LogP contribution in [0.3, 0.4) is 0 Å². The second-order valence-corrected chi connectivity index (χ2v) is 5.70. The zero-order valence-electron chi connectivity index (χ0n) is 7.32. The topological polar surface area (TPSA) is 60.2 Å². The predicted octanol–water partition coefficient (Wildman–Crippen LogP) is 1.68. The molecule has 0 saturated heterocycles. The molecule has 74 valence electrons. The summed E-state index contributed by atoms with van der Waals surface area (Å²) in [5.41, 5.74) is 0.637. The van der Waals surface area contributed by atoms with Gasteiger partial charge in [0.1, 0.15) is 11.0 Å². The standard InChI is InChI=1S/C7H10BrNO3S/c1-5(13(2,10)11)7-6(3-8)9-4-12-7/h4-5H,3H2,1-2H3. The Hall–Kier alpha value is -0.360. The van der Waals surface area contributed by atoms with Gasteiger partial charge in [-0.15, -0.1) is 0 Å². The van der Waals surface area contributed by atoms with Gasteiger partial charge in [0.2, 0.25) is 0 Å². The second kappa shape index (κ2) is 3.79. The Labute approximate surface area is 85.4 Å². The number of aromatic nitrogens is 1. The maximum atomic E-state index is 11.2. The summed E-state index contributed by atoms with van der Waals surface area (Å²) < 4.78 is 27.4. The third-order valence-corrected chi connectivity index (χ3v) is 3.84. The van der Waals surface area contributed by atoms with Crippen molar-refractivity contribution in [1.29, 1.82) is 0 Å². The van der Waals surface area contributed by atoms with Gasteiger partial charge in [-0.3, -0.25) is 0 Å². The summed E-state index contributed by atoms with van der Waals surface area (Å²) in [6, 6.07) is 0. The smallest absolute Gasteiger partial charge is 0.181 e. The van der Waals surface area contributed by atoms with E-state index in [1.165, 1.54) is 12.6 Å². The summed E-state index contributed by atoms with van der Waals surface area (Å²) >= 11 is 3.21. The summed E-state index contributed by atoms with van der Waals surface area (Å²) in [4.78, 5) is 3.89. The van der Waals surface area contributed by atoms with Crippen LogP contribution in [0.1, 0.15) is 23.6 Å². The fourth-order valence-corrected chi connectivity index (χ4v) is 1.91. The molecule has 1 aromatic rings. The number of rotatable bonds is 3. The average Bonchev–Trinajstić information content (AvgIpc) is 2.48. The maximum Gasteiger partial charge on any atom is 0.181 e. The molecule has 0 radical (unpaired) electrons. The fraction of sp³-hybridized carbons (Fsp3) is 0.571. The van der Waals surface area contributed by atoms with Gasteiger partial charge in [-0.1, -0.05) is 15.9 Å². The molecule has 0 aliphatic heterocycles. The molecule has 1 heterocycles. The summed E-state index contributed by atoms with van der Waals surface area (Å²) in [5, 5.41) is -0.138. The molecule has 0 bridgehead atoms. The number of halogens is 1. The van der Waals surface area contributed by atoms with E-state index in [4.69, 9.17) is 4.42 Å². The summed E-state index contributed by atoms with van der Waals surface area (Å²) in [7, 11) is -3.11. The van der Waals surface area contributed by atoms with Crippen molar-refractivity contribution in [1.82, 2.24) is 4.98 Å². The minimum absolute atomic E-state index is 0.416. The predicted molar refractivity (Wildman–Crippen MR) is 52.4 cm³/mol. The van der Waals surface area contributed by atoms with Crippen LogP contribution in [0, 0.1) is 0 Å². The molecular formula is C7H10BrNO3S. The summed E-state index contributed by atoms with van der Waals surface area (Å²) in [6.45, 7) is 1.59. The third kappa shape index (κ3) is 2.31. The van der Waals surface area contributed by atoms with E-state index in [1.54, 1.807) is 6.92 Å². The minimum Gasteiger partial charge on any atom is -0.447 e. The van der Waals surface area contributed by atoms with E-state index in [0.717, 1.165) is 0 Å². The first-order valence-corrected chi connectivity index (χ1v) is 6.71. The van der Waals surface area contributed by atoms with Gasteiger partial charge in [0.05, 0.1) is 5.69 Å². The highest BCUT2D eigenvalue weighted by Crippen LogP contribution is 2.24. The largest absolute Gasteiger partial charge is 0.447 e. The van der Waals surface area contributed by atoms with Crippen LogP contribution < -0.4 is 0 Å². The Bertz CT molecular complexity index is 384. The quantitative estimate of drug-likeness (QED) is 0.782. The van der Waals surface area contributed by atoms with Gasteiger partial charge in [-0.2, -0.15) is 0 Å². The molecule has 0 aliphatic rings. The average molecular weight is 268 g/mol. The van der Waals surface area contributed by atoms with Crippen molar-refractivity contribution in [3.8, 4) is 0 Å². The van der Waals surface area contributed by atoms with E-state index in [-0.39, 0.29) is 0 Å². The van der Waals surface area contributed by atoms with Crippen molar-refractivity contribution in [3.05, 3.63) is 17.8 Å². The van der Waals surface area contributed by atoms with Crippen molar-refractivity contribution in [3.63, 3.8) is 0 Å². The zero-order chi connectivity index (χ0) is 10.1. The van der Waals surface area contributed by atoms with Gasteiger partial charge in [0.25, 0.3) is 0 Å². The van der Waals surface area contributed by atoms with Gasteiger partial charge in [0.15, 0.2) is 16.2 Å².